The Balaban J connectivity index is 1.03. The number of aliphatic hydroxyl groups excluding tert-OH is 3. The Morgan fingerprint density at radius 3 is 1.98 bits per heavy atom. The van der Waals surface area contributed by atoms with E-state index in [2.05, 4.69) is 77.3 Å². The molecule has 0 amide bonds. The van der Waals surface area contributed by atoms with Crippen LogP contribution in [0.15, 0.2) is 106 Å². The van der Waals surface area contributed by atoms with E-state index in [1.165, 1.54) is 0 Å². The SMILES string of the molecule is COc1cccc(N2CCNCC2C(Oc2ccc(-c3nc4ncc(Br)cc4[nH]3)cc2)(C(C)O)C(O)C(NCC(O)COc2ccc(-c3nc4ncc(Br)cc4[nH]3)cc2)C(C)C)c1. The van der Waals surface area contributed by atoms with Crippen LogP contribution in [0.3, 0.4) is 0 Å². The molecule has 1 aliphatic rings. The Morgan fingerprint density at radius 1 is 0.810 bits per heavy atom. The van der Waals surface area contributed by atoms with E-state index in [1.54, 1.807) is 26.4 Å². The molecular weight excluding hydrogens is 934 g/mol. The van der Waals surface area contributed by atoms with Crippen LogP contribution in [0.4, 0.5) is 5.69 Å². The van der Waals surface area contributed by atoms with Crippen LogP contribution in [-0.4, -0.2) is 121 Å². The van der Waals surface area contributed by atoms with Crippen LogP contribution in [0.2, 0.25) is 0 Å². The lowest BCUT2D eigenvalue weighted by molar-refractivity contribution is -0.152. The van der Waals surface area contributed by atoms with Gasteiger partial charge in [0.2, 0.25) is 0 Å². The molecule has 0 saturated carbocycles. The Morgan fingerprint density at radius 2 is 1.41 bits per heavy atom. The second-order valence-corrected chi connectivity index (χ2v) is 17.9. The van der Waals surface area contributed by atoms with Crippen molar-refractivity contribution in [2.24, 2.45) is 5.92 Å². The minimum atomic E-state index is -1.62. The number of anilines is 1. The summed E-state index contributed by atoms with van der Waals surface area (Å²) in [4.78, 5) is 26.8. The normalized spacial score (nSPS) is 17.4. The van der Waals surface area contributed by atoms with Gasteiger partial charge in [-0.15, -0.1) is 0 Å². The highest BCUT2D eigenvalue weighted by atomic mass is 79.9. The van der Waals surface area contributed by atoms with Gasteiger partial charge in [0.05, 0.1) is 30.3 Å². The zero-order valence-electron chi connectivity index (χ0n) is 35.3. The molecule has 3 aromatic carbocycles. The summed E-state index contributed by atoms with van der Waals surface area (Å²) in [5, 5.41) is 43.2. The van der Waals surface area contributed by atoms with Gasteiger partial charge >= 0.3 is 0 Å². The lowest BCUT2D eigenvalue weighted by Crippen LogP contribution is -2.75. The number of nitrogens with zero attached hydrogens (tertiary/aromatic N) is 5. The predicted molar refractivity (Wildman–Crippen MR) is 250 cm³/mol. The number of piperazine rings is 1. The molecule has 8 rings (SSSR count). The molecule has 0 aliphatic carbocycles. The summed E-state index contributed by atoms with van der Waals surface area (Å²) in [6.45, 7) is 7.36. The van der Waals surface area contributed by atoms with Gasteiger partial charge in [0.25, 0.3) is 0 Å². The summed E-state index contributed by atoms with van der Waals surface area (Å²) in [5.74, 6) is 2.87. The molecule has 5 heterocycles. The molecule has 17 heteroatoms. The fourth-order valence-electron chi connectivity index (χ4n) is 8.27. The van der Waals surface area contributed by atoms with Gasteiger partial charge in [0.15, 0.2) is 16.9 Å². The monoisotopic (exact) mass is 983 g/mol. The zero-order chi connectivity index (χ0) is 44.3. The quantitative estimate of drug-likeness (QED) is 0.0524. The fraction of sp³-hybridized carbons (Fsp3) is 0.348. The lowest BCUT2D eigenvalue weighted by Gasteiger charge is -2.54. The maximum absolute atomic E-state index is 12.9. The summed E-state index contributed by atoms with van der Waals surface area (Å²) in [6.07, 6.45) is -0.0192. The number of benzene rings is 3. The number of halogens is 2. The van der Waals surface area contributed by atoms with E-state index in [1.807, 2.05) is 98.8 Å². The van der Waals surface area contributed by atoms with Crippen molar-refractivity contribution >= 4 is 59.9 Å². The van der Waals surface area contributed by atoms with E-state index < -0.39 is 36.0 Å². The van der Waals surface area contributed by atoms with Gasteiger partial charge in [-0.2, -0.15) is 0 Å². The molecule has 1 aliphatic heterocycles. The van der Waals surface area contributed by atoms with Crippen LogP contribution in [-0.2, 0) is 0 Å². The van der Waals surface area contributed by atoms with Crippen LogP contribution in [0.1, 0.15) is 20.8 Å². The number of aliphatic hydroxyl groups is 3. The van der Waals surface area contributed by atoms with Crippen molar-refractivity contribution in [3.8, 4) is 40.0 Å². The fourth-order valence-corrected chi connectivity index (χ4v) is 8.94. The first-order valence-electron chi connectivity index (χ1n) is 20.9. The van der Waals surface area contributed by atoms with Crippen molar-refractivity contribution in [2.45, 2.75) is 56.8 Å². The number of pyridine rings is 2. The van der Waals surface area contributed by atoms with Gasteiger partial charge in [0.1, 0.15) is 47.7 Å². The molecule has 6 unspecified atom stereocenters. The Labute approximate surface area is 381 Å². The van der Waals surface area contributed by atoms with Crippen LogP contribution in [0.25, 0.3) is 45.1 Å². The Bertz CT molecular complexity index is 2630. The van der Waals surface area contributed by atoms with E-state index >= 15 is 0 Å². The van der Waals surface area contributed by atoms with E-state index in [0.29, 0.717) is 59.8 Å². The molecule has 63 heavy (non-hydrogen) atoms. The molecule has 4 aromatic heterocycles. The number of aromatic amines is 2. The molecule has 1 fully saturated rings. The molecule has 0 spiro atoms. The van der Waals surface area contributed by atoms with Gasteiger partial charge in [-0.25, -0.2) is 19.9 Å². The number of rotatable bonds is 17. The van der Waals surface area contributed by atoms with Crippen molar-refractivity contribution in [3.05, 3.63) is 106 Å². The molecule has 330 valence electrons. The molecule has 0 radical (unpaired) electrons. The van der Waals surface area contributed by atoms with Crippen molar-refractivity contribution < 1.29 is 29.5 Å². The van der Waals surface area contributed by atoms with Gasteiger partial charge in [-0.3, -0.25) is 0 Å². The summed E-state index contributed by atoms with van der Waals surface area (Å²) in [5.41, 5.74) is 3.75. The van der Waals surface area contributed by atoms with E-state index in [-0.39, 0.29) is 19.1 Å². The first-order valence-corrected chi connectivity index (χ1v) is 22.4. The maximum Gasteiger partial charge on any atom is 0.183 e. The number of ether oxygens (including phenoxy) is 3. The highest BCUT2D eigenvalue weighted by molar-refractivity contribution is 9.10. The number of H-pyrrole nitrogens is 2. The second kappa shape index (κ2) is 19.3. The van der Waals surface area contributed by atoms with Crippen molar-refractivity contribution in [3.63, 3.8) is 0 Å². The second-order valence-electron chi connectivity index (χ2n) is 16.1. The zero-order valence-corrected chi connectivity index (χ0v) is 38.5. The number of hydrogen-bond donors (Lipinski definition) is 7. The standard InChI is InChI=1S/C46H51Br2N9O6/c1-26(2)40(50-23-33(59)25-62-34-12-8-28(9-13-34)42-53-37-18-30(47)21-51-44(37)55-42)41(60)46(27(3)58,39-24-49-16-17-57(39)32-6-5-7-36(20-32)61-4)63-35-14-10-29(11-15-35)43-54-38-19-31(48)22-52-45(38)56-43/h5-15,18-22,26-27,33,39-41,49-50,58-60H,16-17,23-25H2,1-4H3,(H,51,53,55)(H,52,54,56). The molecule has 1 saturated heterocycles. The number of imidazole rings is 2. The summed E-state index contributed by atoms with van der Waals surface area (Å²) < 4.78 is 20.4. The minimum Gasteiger partial charge on any atom is -0.497 e. The van der Waals surface area contributed by atoms with Crippen LogP contribution in [0.5, 0.6) is 17.2 Å². The van der Waals surface area contributed by atoms with E-state index in [9.17, 15) is 15.3 Å². The molecule has 0 bridgehead atoms. The van der Waals surface area contributed by atoms with Gasteiger partial charge < -0.3 is 55.0 Å². The number of aromatic nitrogens is 6. The maximum atomic E-state index is 12.9. The Hall–Kier alpha value is -5.14. The average Bonchev–Trinajstić information content (AvgIpc) is 3.92. The van der Waals surface area contributed by atoms with E-state index in [4.69, 9.17) is 14.2 Å². The van der Waals surface area contributed by atoms with Crippen LogP contribution >= 0.6 is 31.9 Å². The predicted octanol–water partition coefficient (Wildman–Crippen LogP) is 6.49. The minimum absolute atomic E-state index is 0.00499. The van der Waals surface area contributed by atoms with Crippen molar-refractivity contribution in [1.82, 2.24) is 40.5 Å². The third-order valence-corrected chi connectivity index (χ3v) is 12.4. The number of fused-ring (bicyclic) bond motifs is 2. The highest BCUT2D eigenvalue weighted by Gasteiger charge is 2.57. The third kappa shape index (κ3) is 9.69. The largest absolute Gasteiger partial charge is 0.497 e. The summed E-state index contributed by atoms with van der Waals surface area (Å²) in [7, 11) is 1.63. The van der Waals surface area contributed by atoms with E-state index in [0.717, 1.165) is 36.8 Å². The molecule has 6 atom stereocenters. The smallest absolute Gasteiger partial charge is 0.183 e. The highest BCUT2D eigenvalue weighted by Crippen LogP contribution is 2.38. The molecular formula is C46H51Br2N9O6. The summed E-state index contributed by atoms with van der Waals surface area (Å²) >= 11 is 6.92. The topological polar surface area (TPSA) is 199 Å². The van der Waals surface area contributed by atoms with Crippen molar-refractivity contribution in [1.29, 1.82) is 0 Å². The first-order chi connectivity index (χ1) is 30.4. The number of hydrogen-bond acceptors (Lipinski definition) is 13. The number of nitrogens with one attached hydrogen (secondary N) is 4. The van der Waals surface area contributed by atoms with Gasteiger partial charge in [-0.05, 0) is 117 Å². The molecule has 15 nitrogen and oxygen atoms in total. The number of methoxy groups -OCH3 is 1. The van der Waals surface area contributed by atoms with Crippen LogP contribution in [0, 0.1) is 5.92 Å². The summed E-state index contributed by atoms with van der Waals surface area (Å²) in [6, 6.07) is 25.2. The first kappa shape index (κ1) is 44.5. The molecule has 7 N–H and O–H groups in total. The molecule has 7 aromatic rings. The van der Waals surface area contributed by atoms with Gasteiger partial charge in [-0.1, -0.05) is 19.9 Å². The average molecular weight is 986 g/mol. The third-order valence-electron chi connectivity index (χ3n) is 11.5. The van der Waals surface area contributed by atoms with Crippen molar-refractivity contribution in [2.75, 3.05) is 44.8 Å². The van der Waals surface area contributed by atoms with Gasteiger partial charge in [0, 0.05) is 76.4 Å². The van der Waals surface area contributed by atoms with Crippen LogP contribution < -0.4 is 29.7 Å². The lowest BCUT2D eigenvalue weighted by atomic mass is 9.75. The Kier molecular flexibility index (Phi) is 13.6.